The Balaban J connectivity index is 2.75. The van der Waals surface area contributed by atoms with Gasteiger partial charge in [-0.1, -0.05) is 25.6 Å². The lowest BCUT2D eigenvalue weighted by molar-refractivity contribution is 1.16. The average Bonchev–Trinajstić information content (AvgIpc) is 2.16. The molecule has 1 aromatic rings. The molecule has 2 nitrogen and oxygen atoms in total. The van der Waals surface area contributed by atoms with Gasteiger partial charge in [0.05, 0.1) is 0 Å². The van der Waals surface area contributed by atoms with Gasteiger partial charge in [-0.25, -0.2) is 4.98 Å². The van der Waals surface area contributed by atoms with Crippen molar-refractivity contribution in [3.8, 4) is 11.5 Å². The number of hydrogen-bond acceptors (Lipinski definition) is 2. The summed E-state index contributed by atoms with van der Waals surface area (Å²) in [6.45, 7) is 9.66. The highest BCUT2D eigenvalue weighted by atomic mass is 28.3. The van der Waals surface area contributed by atoms with Gasteiger partial charge in [0.2, 0.25) is 0 Å². The van der Waals surface area contributed by atoms with E-state index in [0.717, 1.165) is 17.9 Å². The first-order chi connectivity index (χ1) is 7.01. The number of rotatable bonds is 2. The summed E-state index contributed by atoms with van der Waals surface area (Å²) in [5, 5.41) is 3.16. The summed E-state index contributed by atoms with van der Waals surface area (Å²) in [5.74, 6) is 4.09. The van der Waals surface area contributed by atoms with Crippen LogP contribution in [0.3, 0.4) is 0 Å². The van der Waals surface area contributed by atoms with Crippen LogP contribution in [0.5, 0.6) is 0 Å². The smallest absolute Gasteiger partial charge is 0.129 e. The summed E-state index contributed by atoms with van der Waals surface area (Å²) < 4.78 is 0. The molecule has 1 heterocycles. The van der Waals surface area contributed by atoms with Crippen LogP contribution in [0.15, 0.2) is 18.3 Å². The molecule has 0 aliphatic heterocycles. The molecule has 0 bridgehead atoms. The molecule has 1 aromatic heterocycles. The summed E-state index contributed by atoms with van der Waals surface area (Å²) in [6.07, 6.45) is 1.82. The van der Waals surface area contributed by atoms with Gasteiger partial charge in [0, 0.05) is 18.3 Å². The molecule has 15 heavy (non-hydrogen) atoms. The molecule has 0 spiro atoms. The molecule has 0 aromatic carbocycles. The van der Waals surface area contributed by atoms with Crippen LogP contribution in [0.4, 0.5) is 5.82 Å². The van der Waals surface area contributed by atoms with Crippen molar-refractivity contribution in [1.29, 1.82) is 0 Å². The molecule has 0 aliphatic carbocycles. The fraction of sp³-hybridized carbons (Fsp3) is 0.417. The largest absolute Gasteiger partial charge is 0.370 e. The van der Waals surface area contributed by atoms with E-state index in [1.165, 1.54) is 0 Å². The Labute approximate surface area is 93.1 Å². The van der Waals surface area contributed by atoms with Gasteiger partial charge in [-0.3, -0.25) is 0 Å². The van der Waals surface area contributed by atoms with E-state index in [1.807, 2.05) is 18.3 Å². The molecule has 0 fully saturated rings. The lowest BCUT2D eigenvalue weighted by Gasteiger charge is -2.03. The van der Waals surface area contributed by atoms with Crippen LogP contribution in [0.2, 0.25) is 19.6 Å². The van der Waals surface area contributed by atoms with E-state index >= 15 is 0 Å². The maximum atomic E-state index is 4.27. The number of hydrogen-bond donors (Lipinski definition) is 1. The molecule has 0 saturated heterocycles. The van der Waals surface area contributed by atoms with Gasteiger partial charge in [0.25, 0.3) is 0 Å². The van der Waals surface area contributed by atoms with Gasteiger partial charge in [-0.2, -0.15) is 0 Å². The molecule has 0 radical (unpaired) electrons. The van der Waals surface area contributed by atoms with Crippen molar-refractivity contribution in [3.63, 3.8) is 0 Å². The lowest BCUT2D eigenvalue weighted by Crippen LogP contribution is -2.16. The predicted octanol–water partition coefficient (Wildman–Crippen LogP) is 2.74. The summed E-state index contributed by atoms with van der Waals surface area (Å²) >= 11 is 0. The molecule has 1 N–H and O–H groups in total. The Hall–Kier alpha value is -1.27. The van der Waals surface area contributed by atoms with E-state index < -0.39 is 8.07 Å². The third kappa shape index (κ3) is 4.66. The molecule has 0 aliphatic rings. The van der Waals surface area contributed by atoms with Gasteiger partial charge < -0.3 is 5.32 Å². The van der Waals surface area contributed by atoms with E-state index in [0.29, 0.717) is 0 Å². The molecular weight excluding hydrogens is 200 g/mol. The fourth-order valence-electron chi connectivity index (χ4n) is 1.01. The second-order valence-corrected chi connectivity index (χ2v) is 9.21. The average molecular weight is 218 g/mol. The normalized spacial score (nSPS) is 10.4. The van der Waals surface area contributed by atoms with Gasteiger partial charge in [0.15, 0.2) is 0 Å². The van der Waals surface area contributed by atoms with Crippen molar-refractivity contribution in [2.45, 2.75) is 26.6 Å². The van der Waals surface area contributed by atoms with Crippen molar-refractivity contribution in [2.75, 3.05) is 11.9 Å². The molecule has 80 valence electrons. The van der Waals surface area contributed by atoms with E-state index in [2.05, 4.69) is 48.3 Å². The van der Waals surface area contributed by atoms with E-state index in [1.54, 1.807) is 0 Å². The molecule has 0 saturated carbocycles. The zero-order valence-corrected chi connectivity index (χ0v) is 10.9. The third-order valence-electron chi connectivity index (χ3n) is 1.70. The van der Waals surface area contributed by atoms with Gasteiger partial charge in [0.1, 0.15) is 13.9 Å². The van der Waals surface area contributed by atoms with Crippen molar-refractivity contribution in [1.82, 2.24) is 4.98 Å². The highest BCUT2D eigenvalue weighted by molar-refractivity contribution is 6.83. The second-order valence-electron chi connectivity index (χ2n) is 4.46. The SMILES string of the molecule is CCNc1ccc(C#C[Si](C)(C)C)cn1. The van der Waals surface area contributed by atoms with Crippen LogP contribution in [-0.4, -0.2) is 19.6 Å². The Morgan fingerprint density at radius 3 is 2.53 bits per heavy atom. The second kappa shape index (κ2) is 4.99. The quantitative estimate of drug-likeness (QED) is 0.610. The molecular formula is C12H18N2Si. The zero-order chi connectivity index (χ0) is 11.3. The van der Waals surface area contributed by atoms with Crippen molar-refractivity contribution < 1.29 is 0 Å². The Morgan fingerprint density at radius 2 is 2.07 bits per heavy atom. The number of nitrogens with one attached hydrogen (secondary N) is 1. The molecule has 0 atom stereocenters. The molecule has 3 heteroatoms. The standard InChI is InChI=1S/C12H18N2Si/c1-5-13-12-7-6-11(10-14-12)8-9-15(2,3)4/h6-7,10H,5H2,1-4H3,(H,13,14). The maximum Gasteiger partial charge on any atom is 0.129 e. The lowest BCUT2D eigenvalue weighted by atomic mass is 10.3. The first-order valence-corrected chi connectivity index (χ1v) is 8.74. The Kier molecular flexibility index (Phi) is 3.93. The summed E-state index contributed by atoms with van der Waals surface area (Å²) in [5.41, 5.74) is 4.32. The van der Waals surface area contributed by atoms with Crippen LogP contribution >= 0.6 is 0 Å². The topological polar surface area (TPSA) is 24.9 Å². The molecule has 0 amide bonds. The summed E-state index contributed by atoms with van der Waals surface area (Å²) in [4.78, 5) is 4.27. The number of anilines is 1. The van der Waals surface area contributed by atoms with Gasteiger partial charge in [-0.15, -0.1) is 5.54 Å². The van der Waals surface area contributed by atoms with Crippen LogP contribution < -0.4 is 5.32 Å². The molecule has 1 rings (SSSR count). The zero-order valence-electron chi connectivity index (χ0n) is 9.89. The minimum atomic E-state index is -1.27. The predicted molar refractivity (Wildman–Crippen MR) is 68.6 cm³/mol. The Morgan fingerprint density at radius 1 is 1.33 bits per heavy atom. The van der Waals surface area contributed by atoms with Crippen LogP contribution in [-0.2, 0) is 0 Å². The molecule has 0 unspecified atom stereocenters. The highest BCUT2D eigenvalue weighted by Crippen LogP contribution is 2.04. The first kappa shape index (κ1) is 11.8. The van der Waals surface area contributed by atoms with E-state index in [-0.39, 0.29) is 0 Å². The summed E-state index contributed by atoms with van der Waals surface area (Å²) in [6, 6.07) is 3.98. The first-order valence-electron chi connectivity index (χ1n) is 5.24. The fourth-order valence-corrected chi connectivity index (χ4v) is 1.53. The minimum Gasteiger partial charge on any atom is -0.370 e. The monoisotopic (exact) mass is 218 g/mol. The van der Waals surface area contributed by atoms with Crippen LogP contribution in [0.25, 0.3) is 0 Å². The van der Waals surface area contributed by atoms with Gasteiger partial charge in [-0.05, 0) is 19.1 Å². The van der Waals surface area contributed by atoms with Crippen LogP contribution in [0, 0.1) is 11.5 Å². The van der Waals surface area contributed by atoms with Crippen molar-refractivity contribution >= 4 is 13.9 Å². The van der Waals surface area contributed by atoms with E-state index in [4.69, 9.17) is 0 Å². The maximum absolute atomic E-state index is 4.27. The number of aromatic nitrogens is 1. The van der Waals surface area contributed by atoms with Gasteiger partial charge >= 0.3 is 0 Å². The van der Waals surface area contributed by atoms with E-state index in [9.17, 15) is 0 Å². The third-order valence-corrected chi connectivity index (χ3v) is 2.58. The van der Waals surface area contributed by atoms with Crippen molar-refractivity contribution in [2.24, 2.45) is 0 Å². The minimum absolute atomic E-state index is 0.896. The number of nitrogens with zero attached hydrogens (tertiary/aromatic N) is 1. The summed E-state index contributed by atoms with van der Waals surface area (Å²) in [7, 11) is -1.27. The number of pyridine rings is 1. The van der Waals surface area contributed by atoms with Crippen LogP contribution in [0.1, 0.15) is 12.5 Å². The Bertz CT molecular complexity index is 365. The van der Waals surface area contributed by atoms with Crippen molar-refractivity contribution in [3.05, 3.63) is 23.9 Å². The highest BCUT2D eigenvalue weighted by Gasteiger charge is 2.07.